The van der Waals surface area contributed by atoms with Crippen LogP contribution in [0.2, 0.25) is 0 Å². The lowest BCUT2D eigenvalue weighted by molar-refractivity contribution is -0.139. The Morgan fingerprint density at radius 2 is 1.95 bits per heavy atom. The van der Waals surface area contributed by atoms with Crippen molar-refractivity contribution in [1.29, 1.82) is 0 Å². The van der Waals surface area contributed by atoms with Crippen molar-refractivity contribution in [3.8, 4) is 0 Å². The quantitative estimate of drug-likeness (QED) is 0.766. The maximum Gasteiger partial charge on any atom is 0.325 e. The fraction of sp³-hybridized carbons (Fsp3) is 0.800. The smallest absolute Gasteiger partial charge is 0.325 e. The van der Waals surface area contributed by atoms with Crippen molar-refractivity contribution < 1.29 is 14.4 Å². The predicted molar refractivity (Wildman–Crippen MR) is 78.5 cm³/mol. The Balaban J connectivity index is 2.14. The monoisotopic (exact) mass is 295 g/mol. The summed E-state index contributed by atoms with van der Waals surface area (Å²) in [4.78, 5) is 37.8. The van der Waals surface area contributed by atoms with Gasteiger partial charge < -0.3 is 10.6 Å². The van der Waals surface area contributed by atoms with E-state index >= 15 is 0 Å². The Labute approximate surface area is 125 Å². The van der Waals surface area contributed by atoms with E-state index in [-0.39, 0.29) is 30.2 Å². The Morgan fingerprint density at radius 1 is 1.33 bits per heavy atom. The van der Waals surface area contributed by atoms with Gasteiger partial charge >= 0.3 is 6.03 Å². The molecule has 1 spiro atoms. The fourth-order valence-corrected chi connectivity index (χ4v) is 3.56. The molecule has 0 aromatic carbocycles. The first kappa shape index (κ1) is 15.8. The summed E-state index contributed by atoms with van der Waals surface area (Å²) in [5.41, 5.74) is -0.819. The molecule has 118 valence electrons. The maximum absolute atomic E-state index is 12.8. The minimum absolute atomic E-state index is 0.0985. The number of rotatable bonds is 4. The second-order valence-corrected chi connectivity index (χ2v) is 6.27. The molecule has 4 amide bonds. The lowest BCUT2D eigenvalue weighted by Gasteiger charge is -2.42. The van der Waals surface area contributed by atoms with Gasteiger partial charge in [-0.25, -0.2) is 4.79 Å². The standard InChI is InChI=1S/C15H25N3O3/c1-4-8-16-12(19)9-18-13(20)15(17-14(18)21)10(2)6-5-7-11(15)3/h10-11H,4-9H2,1-3H3,(H,16,19)(H,17,21)/t10-,11-/m0/s1. The molecule has 0 unspecified atom stereocenters. The Hall–Kier alpha value is -1.59. The highest BCUT2D eigenvalue weighted by Crippen LogP contribution is 2.41. The van der Waals surface area contributed by atoms with Crippen LogP contribution in [0.1, 0.15) is 46.5 Å². The van der Waals surface area contributed by atoms with Crippen molar-refractivity contribution in [2.24, 2.45) is 11.8 Å². The van der Waals surface area contributed by atoms with Gasteiger partial charge in [-0.2, -0.15) is 0 Å². The van der Waals surface area contributed by atoms with Crippen LogP contribution in [-0.4, -0.2) is 41.4 Å². The van der Waals surface area contributed by atoms with E-state index in [1.165, 1.54) is 0 Å². The normalized spacial score (nSPS) is 27.9. The van der Waals surface area contributed by atoms with Crippen LogP contribution in [0.5, 0.6) is 0 Å². The zero-order valence-electron chi connectivity index (χ0n) is 13.1. The highest BCUT2D eigenvalue weighted by molar-refractivity contribution is 6.09. The third kappa shape index (κ3) is 2.63. The number of nitrogens with one attached hydrogen (secondary N) is 2. The highest BCUT2D eigenvalue weighted by atomic mass is 16.2. The Bertz CT molecular complexity index is 439. The Morgan fingerprint density at radius 3 is 2.52 bits per heavy atom. The number of nitrogens with zero attached hydrogens (tertiary/aromatic N) is 1. The van der Waals surface area contributed by atoms with Gasteiger partial charge in [0.15, 0.2) is 0 Å². The summed E-state index contributed by atoms with van der Waals surface area (Å²) in [7, 11) is 0. The molecule has 2 fully saturated rings. The van der Waals surface area contributed by atoms with E-state index in [1.54, 1.807) is 0 Å². The molecular weight excluding hydrogens is 270 g/mol. The van der Waals surface area contributed by atoms with Crippen LogP contribution in [0.3, 0.4) is 0 Å². The average Bonchev–Trinajstić information content (AvgIpc) is 2.69. The van der Waals surface area contributed by atoms with Crippen molar-refractivity contribution in [2.45, 2.75) is 52.0 Å². The van der Waals surface area contributed by atoms with Crippen molar-refractivity contribution in [3.05, 3.63) is 0 Å². The fourth-order valence-electron chi connectivity index (χ4n) is 3.56. The second kappa shape index (κ2) is 6.03. The van der Waals surface area contributed by atoms with Crippen molar-refractivity contribution in [1.82, 2.24) is 15.5 Å². The molecule has 2 atom stereocenters. The van der Waals surface area contributed by atoms with Crippen LogP contribution >= 0.6 is 0 Å². The van der Waals surface area contributed by atoms with E-state index in [9.17, 15) is 14.4 Å². The molecule has 2 rings (SSSR count). The minimum Gasteiger partial charge on any atom is -0.355 e. The summed E-state index contributed by atoms with van der Waals surface area (Å²) in [6, 6.07) is -0.438. The zero-order valence-corrected chi connectivity index (χ0v) is 13.1. The first-order valence-electron chi connectivity index (χ1n) is 7.84. The summed E-state index contributed by atoms with van der Waals surface area (Å²) >= 11 is 0. The van der Waals surface area contributed by atoms with E-state index in [1.807, 2.05) is 20.8 Å². The van der Waals surface area contributed by atoms with Gasteiger partial charge in [-0.1, -0.05) is 27.2 Å². The SMILES string of the molecule is CCCNC(=O)CN1C(=O)NC2(C1=O)[C@@H](C)CCC[C@@H]2C. The van der Waals surface area contributed by atoms with Gasteiger partial charge in [-0.15, -0.1) is 0 Å². The molecule has 1 heterocycles. The van der Waals surface area contributed by atoms with Gasteiger partial charge in [-0.3, -0.25) is 14.5 Å². The van der Waals surface area contributed by atoms with Crippen molar-refractivity contribution >= 4 is 17.8 Å². The van der Waals surface area contributed by atoms with Crippen LogP contribution in [0.4, 0.5) is 4.79 Å². The Kier molecular flexibility index (Phi) is 4.54. The minimum atomic E-state index is -0.819. The number of carbonyl (C=O) groups excluding carboxylic acids is 3. The predicted octanol–water partition coefficient (Wildman–Crippen LogP) is 1.26. The van der Waals surface area contributed by atoms with Crippen LogP contribution in [-0.2, 0) is 9.59 Å². The summed E-state index contributed by atoms with van der Waals surface area (Å²) in [5, 5.41) is 5.59. The first-order chi connectivity index (χ1) is 9.93. The third-order valence-corrected chi connectivity index (χ3v) is 4.86. The molecule has 0 radical (unpaired) electrons. The molecule has 6 heteroatoms. The molecule has 2 N–H and O–H groups in total. The third-order valence-electron chi connectivity index (χ3n) is 4.86. The molecule has 21 heavy (non-hydrogen) atoms. The molecule has 0 aromatic heterocycles. The summed E-state index contributed by atoms with van der Waals surface area (Å²) in [6.07, 6.45) is 3.74. The number of carbonyl (C=O) groups is 3. The molecule has 6 nitrogen and oxygen atoms in total. The van der Waals surface area contributed by atoms with Crippen LogP contribution in [0.25, 0.3) is 0 Å². The molecular formula is C15H25N3O3. The van der Waals surface area contributed by atoms with E-state index in [0.717, 1.165) is 30.6 Å². The molecule has 0 aromatic rings. The van der Waals surface area contributed by atoms with Gasteiger partial charge in [0.05, 0.1) is 0 Å². The number of amides is 4. The number of hydrogen-bond acceptors (Lipinski definition) is 3. The van der Waals surface area contributed by atoms with Gasteiger partial charge in [0.1, 0.15) is 12.1 Å². The molecule has 1 aliphatic carbocycles. The van der Waals surface area contributed by atoms with Crippen molar-refractivity contribution in [3.63, 3.8) is 0 Å². The van der Waals surface area contributed by atoms with E-state index in [2.05, 4.69) is 10.6 Å². The summed E-state index contributed by atoms with van der Waals surface area (Å²) in [5.74, 6) is -0.324. The van der Waals surface area contributed by atoms with E-state index in [0.29, 0.717) is 6.54 Å². The summed E-state index contributed by atoms with van der Waals surface area (Å²) in [6.45, 7) is 6.34. The highest BCUT2D eigenvalue weighted by Gasteiger charge is 2.58. The second-order valence-electron chi connectivity index (χ2n) is 6.27. The zero-order chi connectivity index (χ0) is 15.6. The lowest BCUT2D eigenvalue weighted by Crippen LogP contribution is -2.59. The number of urea groups is 1. The molecule has 0 bridgehead atoms. The lowest BCUT2D eigenvalue weighted by atomic mass is 9.67. The topological polar surface area (TPSA) is 78.5 Å². The van der Waals surface area contributed by atoms with E-state index < -0.39 is 11.6 Å². The van der Waals surface area contributed by atoms with Crippen LogP contribution in [0, 0.1) is 11.8 Å². The van der Waals surface area contributed by atoms with Crippen molar-refractivity contribution in [2.75, 3.05) is 13.1 Å². The molecule has 1 saturated heterocycles. The van der Waals surface area contributed by atoms with Crippen LogP contribution < -0.4 is 10.6 Å². The number of imide groups is 1. The van der Waals surface area contributed by atoms with Gasteiger partial charge in [-0.05, 0) is 31.1 Å². The van der Waals surface area contributed by atoms with Crippen LogP contribution in [0.15, 0.2) is 0 Å². The maximum atomic E-state index is 12.8. The largest absolute Gasteiger partial charge is 0.355 e. The van der Waals surface area contributed by atoms with Gasteiger partial charge in [0, 0.05) is 6.54 Å². The first-order valence-corrected chi connectivity index (χ1v) is 7.84. The molecule has 2 aliphatic rings. The number of hydrogen-bond donors (Lipinski definition) is 2. The average molecular weight is 295 g/mol. The van der Waals surface area contributed by atoms with Gasteiger partial charge in [0.2, 0.25) is 5.91 Å². The molecule has 1 saturated carbocycles. The van der Waals surface area contributed by atoms with Gasteiger partial charge in [0.25, 0.3) is 5.91 Å². The molecule has 1 aliphatic heterocycles. The van der Waals surface area contributed by atoms with E-state index in [4.69, 9.17) is 0 Å². The summed E-state index contributed by atoms with van der Waals surface area (Å²) < 4.78 is 0.